The molecule has 0 bridgehead atoms. The standard InChI is InChI=1S/C14H15ClN4O/c1-7-4-8(2)19(18-7)12-6-11-9(5-10(12)15)13(16-3)14(20)17-11/h4-6,13,16H,1-3H3,(H,17,20). The lowest BCUT2D eigenvalue weighted by Crippen LogP contribution is -2.23. The molecule has 0 spiro atoms. The number of halogens is 1. The topological polar surface area (TPSA) is 59.0 Å². The van der Waals surface area contributed by atoms with Crippen LogP contribution in [0, 0.1) is 13.8 Å². The predicted molar refractivity (Wildman–Crippen MR) is 78.5 cm³/mol. The van der Waals surface area contributed by atoms with Crippen LogP contribution in [0.3, 0.4) is 0 Å². The van der Waals surface area contributed by atoms with Gasteiger partial charge in [-0.1, -0.05) is 11.6 Å². The van der Waals surface area contributed by atoms with E-state index in [0.29, 0.717) is 5.02 Å². The number of aryl methyl sites for hydroxylation is 2. The Bertz CT molecular complexity index is 707. The first-order valence-electron chi connectivity index (χ1n) is 6.36. The molecule has 1 amide bonds. The average Bonchev–Trinajstić information content (AvgIpc) is 2.87. The molecule has 2 aromatic rings. The van der Waals surface area contributed by atoms with Crippen LogP contribution in [0.5, 0.6) is 0 Å². The minimum atomic E-state index is -0.350. The van der Waals surface area contributed by atoms with E-state index in [1.54, 1.807) is 11.7 Å². The quantitative estimate of drug-likeness (QED) is 0.892. The van der Waals surface area contributed by atoms with Crippen molar-refractivity contribution in [1.29, 1.82) is 0 Å². The van der Waals surface area contributed by atoms with Gasteiger partial charge in [-0.25, -0.2) is 4.68 Å². The molecule has 0 aliphatic carbocycles. The van der Waals surface area contributed by atoms with E-state index < -0.39 is 0 Å². The number of aromatic nitrogens is 2. The summed E-state index contributed by atoms with van der Waals surface area (Å²) < 4.78 is 1.79. The van der Waals surface area contributed by atoms with Crippen LogP contribution in [-0.2, 0) is 4.79 Å². The monoisotopic (exact) mass is 290 g/mol. The Morgan fingerprint density at radius 1 is 1.35 bits per heavy atom. The summed E-state index contributed by atoms with van der Waals surface area (Å²) in [6.45, 7) is 3.90. The van der Waals surface area contributed by atoms with Gasteiger partial charge in [0.1, 0.15) is 6.04 Å². The fraction of sp³-hybridized carbons (Fsp3) is 0.286. The third-order valence-electron chi connectivity index (χ3n) is 3.48. The summed E-state index contributed by atoms with van der Waals surface area (Å²) >= 11 is 6.37. The van der Waals surface area contributed by atoms with Crippen molar-refractivity contribution in [3.05, 3.63) is 40.2 Å². The number of nitrogens with zero attached hydrogens (tertiary/aromatic N) is 2. The first-order valence-corrected chi connectivity index (χ1v) is 6.74. The van der Waals surface area contributed by atoms with E-state index in [1.165, 1.54) is 0 Å². The van der Waals surface area contributed by atoms with Gasteiger partial charge in [0.25, 0.3) is 0 Å². The number of benzene rings is 1. The molecule has 2 N–H and O–H groups in total. The molecule has 1 aliphatic heterocycles. The Hall–Kier alpha value is -1.85. The Balaban J connectivity index is 2.15. The second kappa shape index (κ2) is 4.61. The maximum Gasteiger partial charge on any atom is 0.246 e. The summed E-state index contributed by atoms with van der Waals surface area (Å²) in [5.74, 6) is -0.0657. The molecule has 20 heavy (non-hydrogen) atoms. The van der Waals surface area contributed by atoms with Crippen LogP contribution in [0.15, 0.2) is 18.2 Å². The number of fused-ring (bicyclic) bond motifs is 1. The van der Waals surface area contributed by atoms with E-state index in [2.05, 4.69) is 15.7 Å². The van der Waals surface area contributed by atoms with E-state index in [0.717, 1.165) is 28.3 Å². The molecule has 5 nitrogen and oxygen atoms in total. The zero-order valence-electron chi connectivity index (χ0n) is 11.5. The summed E-state index contributed by atoms with van der Waals surface area (Å²) in [6, 6.07) is 5.32. The van der Waals surface area contributed by atoms with Crippen molar-refractivity contribution in [3.63, 3.8) is 0 Å². The number of hydrogen-bond donors (Lipinski definition) is 2. The Morgan fingerprint density at radius 3 is 2.70 bits per heavy atom. The second-order valence-corrected chi connectivity index (χ2v) is 5.35. The highest BCUT2D eigenvalue weighted by Gasteiger charge is 2.30. The summed E-state index contributed by atoms with van der Waals surface area (Å²) in [4.78, 5) is 11.9. The van der Waals surface area contributed by atoms with Gasteiger partial charge in [-0.3, -0.25) is 4.79 Å². The number of hydrogen-bond acceptors (Lipinski definition) is 3. The molecule has 1 atom stereocenters. The van der Waals surface area contributed by atoms with E-state index in [-0.39, 0.29) is 11.9 Å². The molecule has 2 heterocycles. The van der Waals surface area contributed by atoms with Crippen molar-refractivity contribution in [1.82, 2.24) is 15.1 Å². The van der Waals surface area contributed by atoms with Gasteiger partial charge in [-0.05, 0) is 39.1 Å². The Labute approximate surface area is 121 Å². The SMILES string of the molecule is CNC1C(=O)Nc2cc(-n3nc(C)cc3C)c(Cl)cc21. The largest absolute Gasteiger partial charge is 0.324 e. The third kappa shape index (κ3) is 1.90. The molecular formula is C14H15ClN4O. The first-order chi connectivity index (χ1) is 9.51. The van der Waals surface area contributed by atoms with E-state index in [4.69, 9.17) is 11.6 Å². The van der Waals surface area contributed by atoms with Crippen LogP contribution >= 0.6 is 11.6 Å². The van der Waals surface area contributed by atoms with Crippen molar-refractivity contribution in [3.8, 4) is 5.69 Å². The Morgan fingerprint density at radius 2 is 2.10 bits per heavy atom. The lowest BCUT2D eigenvalue weighted by Gasteiger charge is -2.11. The van der Waals surface area contributed by atoms with Gasteiger partial charge in [0.05, 0.1) is 16.4 Å². The van der Waals surface area contributed by atoms with Gasteiger partial charge in [0, 0.05) is 16.9 Å². The van der Waals surface area contributed by atoms with Crippen LogP contribution in [0.4, 0.5) is 5.69 Å². The highest BCUT2D eigenvalue weighted by molar-refractivity contribution is 6.32. The second-order valence-electron chi connectivity index (χ2n) is 4.94. The molecule has 3 rings (SSSR count). The van der Waals surface area contributed by atoms with E-state index in [9.17, 15) is 4.79 Å². The first kappa shape index (κ1) is 13.1. The summed E-state index contributed by atoms with van der Waals surface area (Å²) in [7, 11) is 1.75. The average molecular weight is 291 g/mol. The highest BCUT2D eigenvalue weighted by atomic mass is 35.5. The molecule has 1 aromatic heterocycles. The fourth-order valence-corrected chi connectivity index (χ4v) is 2.84. The maximum atomic E-state index is 11.9. The van der Waals surface area contributed by atoms with Gasteiger partial charge < -0.3 is 10.6 Å². The maximum absolute atomic E-state index is 11.9. The van der Waals surface area contributed by atoms with Crippen LogP contribution in [0.1, 0.15) is 23.0 Å². The van der Waals surface area contributed by atoms with Gasteiger partial charge >= 0.3 is 0 Å². The zero-order chi connectivity index (χ0) is 14.4. The predicted octanol–water partition coefficient (Wildman–Crippen LogP) is 2.36. The van der Waals surface area contributed by atoms with Crippen molar-refractivity contribution in [2.45, 2.75) is 19.9 Å². The van der Waals surface area contributed by atoms with Crippen LogP contribution in [0.2, 0.25) is 5.02 Å². The molecule has 0 saturated carbocycles. The number of likely N-dealkylation sites (N-methyl/N-ethyl adjacent to an activating group) is 1. The summed E-state index contributed by atoms with van der Waals surface area (Å²) in [5, 5.41) is 10.8. The van der Waals surface area contributed by atoms with Gasteiger partial charge in [0.2, 0.25) is 5.91 Å². The van der Waals surface area contributed by atoms with E-state index in [1.807, 2.05) is 32.0 Å². The lowest BCUT2D eigenvalue weighted by molar-refractivity contribution is -0.117. The Kier molecular flexibility index (Phi) is 3.03. The minimum Gasteiger partial charge on any atom is -0.324 e. The van der Waals surface area contributed by atoms with Gasteiger partial charge in [-0.2, -0.15) is 5.10 Å². The van der Waals surface area contributed by atoms with Crippen LogP contribution < -0.4 is 10.6 Å². The minimum absolute atomic E-state index is 0.0657. The number of nitrogens with one attached hydrogen (secondary N) is 2. The highest BCUT2D eigenvalue weighted by Crippen LogP contribution is 2.36. The number of amides is 1. The molecule has 0 radical (unpaired) electrons. The van der Waals surface area contributed by atoms with Crippen molar-refractivity contribution < 1.29 is 4.79 Å². The van der Waals surface area contributed by atoms with Crippen molar-refractivity contribution >= 4 is 23.2 Å². The van der Waals surface area contributed by atoms with E-state index >= 15 is 0 Å². The molecule has 1 unspecified atom stereocenters. The molecule has 6 heteroatoms. The van der Waals surface area contributed by atoms with Gasteiger partial charge in [-0.15, -0.1) is 0 Å². The summed E-state index contributed by atoms with van der Waals surface area (Å²) in [5.41, 5.74) is 4.34. The third-order valence-corrected chi connectivity index (χ3v) is 3.78. The number of carbonyl (C=O) groups is 1. The molecule has 104 valence electrons. The number of anilines is 1. The zero-order valence-corrected chi connectivity index (χ0v) is 12.2. The molecule has 0 fully saturated rings. The normalized spacial score (nSPS) is 17.2. The molecular weight excluding hydrogens is 276 g/mol. The molecule has 0 saturated heterocycles. The van der Waals surface area contributed by atoms with Crippen LogP contribution in [0.25, 0.3) is 5.69 Å². The number of carbonyl (C=O) groups excluding carboxylic acids is 1. The van der Waals surface area contributed by atoms with Crippen molar-refractivity contribution in [2.24, 2.45) is 0 Å². The van der Waals surface area contributed by atoms with Crippen molar-refractivity contribution in [2.75, 3.05) is 12.4 Å². The lowest BCUT2D eigenvalue weighted by atomic mass is 10.1. The van der Waals surface area contributed by atoms with Crippen LogP contribution in [-0.4, -0.2) is 22.7 Å². The summed E-state index contributed by atoms with van der Waals surface area (Å²) in [6.07, 6.45) is 0. The number of rotatable bonds is 2. The van der Waals surface area contributed by atoms with Gasteiger partial charge in [0.15, 0.2) is 0 Å². The fourth-order valence-electron chi connectivity index (χ4n) is 2.59. The smallest absolute Gasteiger partial charge is 0.246 e. The molecule has 1 aliphatic rings. The molecule has 1 aromatic carbocycles.